The number of ether oxygens (including phenoxy) is 1. The summed E-state index contributed by atoms with van der Waals surface area (Å²) < 4.78 is 46.5. The van der Waals surface area contributed by atoms with Gasteiger partial charge in [0.1, 0.15) is 23.6 Å². The van der Waals surface area contributed by atoms with Crippen LogP contribution in [0.25, 0.3) is 5.70 Å². The summed E-state index contributed by atoms with van der Waals surface area (Å²) in [6, 6.07) is 6.32. The van der Waals surface area contributed by atoms with Crippen LogP contribution < -0.4 is 4.74 Å². The van der Waals surface area contributed by atoms with E-state index in [9.17, 15) is 18.3 Å². The van der Waals surface area contributed by atoms with Crippen molar-refractivity contribution in [3.63, 3.8) is 0 Å². The minimum atomic E-state index is -4.77. The lowest BCUT2D eigenvalue weighted by atomic mass is 9.91. The van der Waals surface area contributed by atoms with Crippen LogP contribution in [0.4, 0.5) is 13.2 Å². The van der Waals surface area contributed by atoms with Gasteiger partial charge in [0.05, 0.1) is 11.3 Å². The van der Waals surface area contributed by atoms with Gasteiger partial charge >= 0.3 is 6.36 Å². The van der Waals surface area contributed by atoms with Gasteiger partial charge in [-0.3, -0.25) is 4.84 Å². The number of aryl methyl sites for hydroxylation is 1. The lowest BCUT2D eigenvalue weighted by molar-refractivity contribution is -0.274. The van der Waals surface area contributed by atoms with Crippen LogP contribution in [0.15, 0.2) is 40.9 Å². The highest BCUT2D eigenvalue weighted by molar-refractivity contribution is 5.62. The predicted molar refractivity (Wildman–Crippen MR) is 93.8 cm³/mol. The molecule has 0 spiro atoms. The van der Waals surface area contributed by atoms with E-state index < -0.39 is 18.0 Å². The number of aliphatic hydroxyl groups is 1. The number of hydrogen-bond donors (Lipinski definition) is 1. The number of aromatic nitrogens is 1. The number of alkyl halides is 3. The van der Waals surface area contributed by atoms with Crippen molar-refractivity contribution in [1.29, 1.82) is 0 Å². The first-order chi connectivity index (χ1) is 12.9. The monoisotopic (exact) mass is 398 g/mol. The van der Waals surface area contributed by atoms with Gasteiger partial charge in [-0.05, 0) is 51.5 Å². The molecule has 1 aromatic heterocycles. The number of nitrogens with zero attached hydrogens (tertiary/aromatic N) is 2. The molecule has 0 bridgehead atoms. The van der Waals surface area contributed by atoms with E-state index in [1.54, 1.807) is 26.8 Å². The maximum Gasteiger partial charge on any atom is 0.573 e. The molecular weight excluding hydrogens is 377 g/mol. The van der Waals surface area contributed by atoms with Crippen molar-refractivity contribution in [2.24, 2.45) is 0 Å². The highest BCUT2D eigenvalue weighted by Crippen LogP contribution is 2.41. The van der Waals surface area contributed by atoms with E-state index in [4.69, 9.17) is 9.36 Å². The Morgan fingerprint density at radius 2 is 1.86 bits per heavy atom. The number of rotatable bonds is 5. The number of benzene rings is 1. The van der Waals surface area contributed by atoms with Crippen LogP contribution in [0.3, 0.4) is 0 Å². The molecule has 1 unspecified atom stereocenters. The molecule has 1 aliphatic heterocycles. The molecule has 0 radical (unpaired) electrons. The second-order valence-corrected chi connectivity index (χ2v) is 7.19. The summed E-state index contributed by atoms with van der Waals surface area (Å²) in [6.07, 6.45) is -3.25. The summed E-state index contributed by atoms with van der Waals surface area (Å²) in [6.45, 7) is 6.79. The molecule has 0 saturated carbocycles. The molecular formula is C19H21F3N2O4. The summed E-state index contributed by atoms with van der Waals surface area (Å²) in [7, 11) is 0. The summed E-state index contributed by atoms with van der Waals surface area (Å²) in [4.78, 5) is 5.87. The lowest BCUT2D eigenvalue weighted by Gasteiger charge is -2.38. The van der Waals surface area contributed by atoms with Gasteiger partial charge in [-0.25, -0.2) is 5.06 Å². The Kier molecular flexibility index (Phi) is 5.16. The molecule has 0 saturated heterocycles. The topological polar surface area (TPSA) is 68.0 Å². The quantitative estimate of drug-likeness (QED) is 0.807. The molecule has 3 rings (SSSR count). The summed E-state index contributed by atoms with van der Waals surface area (Å²) in [5.41, 5.74) is 0.503. The second kappa shape index (κ2) is 7.14. The minimum Gasteiger partial charge on any atom is -0.406 e. The van der Waals surface area contributed by atoms with Gasteiger partial charge in [0, 0.05) is 6.07 Å². The highest BCUT2D eigenvalue weighted by atomic mass is 19.4. The van der Waals surface area contributed by atoms with Crippen molar-refractivity contribution >= 4 is 5.70 Å². The first kappa shape index (κ1) is 20.2. The van der Waals surface area contributed by atoms with Crippen LogP contribution in [0.5, 0.6) is 5.75 Å². The molecule has 6 nitrogen and oxygen atoms in total. The van der Waals surface area contributed by atoms with E-state index in [2.05, 4.69) is 9.89 Å². The van der Waals surface area contributed by atoms with Crippen molar-refractivity contribution in [1.82, 2.24) is 10.2 Å². The Hall–Kier alpha value is -2.52. The first-order valence-corrected chi connectivity index (χ1v) is 8.63. The third-order valence-corrected chi connectivity index (χ3v) is 4.12. The van der Waals surface area contributed by atoms with Crippen LogP contribution in [0, 0.1) is 6.92 Å². The standard InChI is InChI=1S/C19H21F3N2O4/c1-11-9-16(27-23-11)15-10-12(2)28-24(15)17(18(3,4)25)13-5-7-14(8-6-13)26-19(20,21)22/h5-10,12,17,25H,1-4H3/t12-,17?/m0/s1. The van der Waals surface area contributed by atoms with Crippen molar-refractivity contribution in [3.05, 3.63) is 53.4 Å². The third-order valence-electron chi connectivity index (χ3n) is 4.12. The molecule has 1 aliphatic rings. The molecule has 1 aromatic carbocycles. The molecule has 2 aromatic rings. The molecule has 0 aliphatic carbocycles. The van der Waals surface area contributed by atoms with Gasteiger partial charge in [0.25, 0.3) is 0 Å². The van der Waals surface area contributed by atoms with Crippen LogP contribution in [0.1, 0.15) is 43.8 Å². The van der Waals surface area contributed by atoms with Gasteiger partial charge in [0.15, 0.2) is 5.76 Å². The fraction of sp³-hybridized carbons (Fsp3) is 0.421. The Bertz CT molecular complexity index is 853. The summed E-state index contributed by atoms with van der Waals surface area (Å²) in [5.74, 6) is 0.121. The largest absolute Gasteiger partial charge is 0.573 e. The average molecular weight is 398 g/mol. The first-order valence-electron chi connectivity index (χ1n) is 8.63. The van der Waals surface area contributed by atoms with Crippen LogP contribution in [-0.4, -0.2) is 33.4 Å². The molecule has 2 heterocycles. The van der Waals surface area contributed by atoms with Gasteiger partial charge < -0.3 is 14.4 Å². The van der Waals surface area contributed by atoms with Crippen LogP contribution >= 0.6 is 0 Å². The molecule has 9 heteroatoms. The maximum atomic E-state index is 12.4. The number of halogens is 3. The zero-order valence-corrected chi connectivity index (χ0v) is 15.8. The van der Waals surface area contributed by atoms with Crippen molar-refractivity contribution in [2.75, 3.05) is 0 Å². The van der Waals surface area contributed by atoms with E-state index >= 15 is 0 Å². The Balaban J connectivity index is 1.96. The van der Waals surface area contributed by atoms with Crippen molar-refractivity contribution in [2.45, 2.75) is 51.8 Å². The van der Waals surface area contributed by atoms with E-state index in [0.717, 1.165) is 0 Å². The molecule has 28 heavy (non-hydrogen) atoms. The van der Waals surface area contributed by atoms with Gasteiger partial charge in [-0.1, -0.05) is 17.3 Å². The minimum absolute atomic E-state index is 0.293. The second-order valence-electron chi connectivity index (χ2n) is 7.19. The van der Waals surface area contributed by atoms with E-state index in [-0.39, 0.29) is 11.9 Å². The molecule has 0 amide bonds. The van der Waals surface area contributed by atoms with Crippen molar-refractivity contribution in [3.8, 4) is 5.75 Å². The molecule has 152 valence electrons. The highest BCUT2D eigenvalue weighted by Gasteiger charge is 2.41. The normalized spacial score (nSPS) is 18.9. The molecule has 1 N–H and O–H groups in total. The molecule has 0 fully saturated rings. The van der Waals surface area contributed by atoms with Gasteiger partial charge in [-0.2, -0.15) is 0 Å². The van der Waals surface area contributed by atoms with Crippen LogP contribution in [0.2, 0.25) is 0 Å². The van der Waals surface area contributed by atoms with Crippen molar-refractivity contribution < 1.29 is 32.4 Å². The Labute approximate surface area is 160 Å². The smallest absolute Gasteiger partial charge is 0.406 e. The van der Waals surface area contributed by atoms with Gasteiger partial charge in [0.2, 0.25) is 0 Å². The summed E-state index contributed by atoms with van der Waals surface area (Å²) in [5, 5.41) is 16.2. The zero-order valence-electron chi connectivity index (χ0n) is 15.8. The van der Waals surface area contributed by atoms with Crippen LogP contribution in [-0.2, 0) is 4.84 Å². The summed E-state index contributed by atoms with van der Waals surface area (Å²) >= 11 is 0. The SMILES string of the molecule is Cc1cc(C2=C[C@H](C)ON2C(c2ccc(OC(F)(F)F)cc2)C(C)(C)O)on1. The Morgan fingerprint density at radius 3 is 2.36 bits per heavy atom. The molecule has 2 atom stereocenters. The average Bonchev–Trinajstić information content (AvgIpc) is 3.12. The third kappa shape index (κ3) is 4.48. The fourth-order valence-electron chi connectivity index (χ4n) is 3.12. The number of hydrogen-bond acceptors (Lipinski definition) is 6. The number of hydroxylamine groups is 2. The van der Waals surface area contributed by atoms with Gasteiger partial charge in [-0.15, -0.1) is 13.2 Å². The van der Waals surface area contributed by atoms with E-state index in [1.807, 2.05) is 13.0 Å². The predicted octanol–water partition coefficient (Wildman–Crippen LogP) is 4.37. The van der Waals surface area contributed by atoms with E-state index in [0.29, 0.717) is 22.7 Å². The lowest BCUT2D eigenvalue weighted by Crippen LogP contribution is -2.40. The van der Waals surface area contributed by atoms with E-state index in [1.165, 1.54) is 29.3 Å². The zero-order chi connectivity index (χ0) is 20.7. The Morgan fingerprint density at radius 1 is 1.21 bits per heavy atom. The maximum absolute atomic E-state index is 12.4. The fourth-order valence-corrected chi connectivity index (χ4v) is 3.12.